The number of ether oxygens (including phenoxy) is 1. The monoisotopic (exact) mass is 344 g/mol. The fourth-order valence-electron chi connectivity index (χ4n) is 2.41. The molecule has 0 saturated carbocycles. The van der Waals surface area contributed by atoms with Crippen LogP contribution in [0.5, 0.6) is 5.75 Å². The first-order valence-corrected chi connectivity index (χ1v) is 7.53. The SMILES string of the molecule is COc1ccc(CNC(=O)CN(C)c2ncnc3nc[nH]c23)cc1F. The largest absolute Gasteiger partial charge is 0.494 e. The van der Waals surface area contributed by atoms with Crippen LogP contribution in [-0.2, 0) is 11.3 Å². The van der Waals surface area contributed by atoms with Gasteiger partial charge in [0.2, 0.25) is 5.91 Å². The number of imidazole rings is 1. The topological polar surface area (TPSA) is 96.0 Å². The average Bonchev–Trinajstić information content (AvgIpc) is 3.08. The molecule has 0 radical (unpaired) electrons. The number of aromatic amines is 1. The Bertz CT molecular complexity index is 897. The van der Waals surface area contributed by atoms with E-state index in [1.54, 1.807) is 18.0 Å². The van der Waals surface area contributed by atoms with Crippen LogP contribution >= 0.6 is 0 Å². The molecule has 0 spiro atoms. The Morgan fingerprint density at radius 2 is 2.20 bits per heavy atom. The number of H-pyrrole nitrogens is 1. The molecule has 1 amide bonds. The number of rotatable bonds is 6. The molecule has 0 bridgehead atoms. The summed E-state index contributed by atoms with van der Waals surface area (Å²) in [7, 11) is 3.15. The molecule has 1 aromatic carbocycles. The zero-order chi connectivity index (χ0) is 17.8. The van der Waals surface area contributed by atoms with Crippen molar-refractivity contribution in [1.82, 2.24) is 25.3 Å². The van der Waals surface area contributed by atoms with Crippen molar-refractivity contribution in [3.63, 3.8) is 0 Å². The van der Waals surface area contributed by atoms with Gasteiger partial charge >= 0.3 is 0 Å². The van der Waals surface area contributed by atoms with Gasteiger partial charge in [0.15, 0.2) is 23.0 Å². The minimum Gasteiger partial charge on any atom is -0.494 e. The number of hydrogen-bond acceptors (Lipinski definition) is 6. The smallest absolute Gasteiger partial charge is 0.239 e. The number of hydrogen-bond donors (Lipinski definition) is 2. The lowest BCUT2D eigenvalue weighted by molar-refractivity contribution is -0.119. The third-order valence-corrected chi connectivity index (χ3v) is 3.65. The molecule has 2 N–H and O–H groups in total. The highest BCUT2D eigenvalue weighted by molar-refractivity contribution is 5.86. The lowest BCUT2D eigenvalue weighted by atomic mass is 10.2. The van der Waals surface area contributed by atoms with Crippen LogP contribution in [0.3, 0.4) is 0 Å². The zero-order valence-electron chi connectivity index (χ0n) is 13.8. The van der Waals surface area contributed by atoms with Crippen LogP contribution in [0.25, 0.3) is 11.2 Å². The van der Waals surface area contributed by atoms with Crippen molar-refractivity contribution in [1.29, 1.82) is 0 Å². The molecular formula is C16H17FN6O2. The first-order valence-electron chi connectivity index (χ1n) is 7.53. The molecule has 8 nitrogen and oxygen atoms in total. The number of carbonyl (C=O) groups excluding carboxylic acids is 1. The van der Waals surface area contributed by atoms with E-state index in [0.717, 1.165) is 0 Å². The van der Waals surface area contributed by atoms with Gasteiger partial charge in [-0.3, -0.25) is 4.79 Å². The molecule has 0 aliphatic heterocycles. The predicted molar refractivity (Wildman–Crippen MR) is 89.8 cm³/mol. The van der Waals surface area contributed by atoms with Gasteiger partial charge in [-0.2, -0.15) is 0 Å². The van der Waals surface area contributed by atoms with Crippen LogP contribution in [0, 0.1) is 5.82 Å². The van der Waals surface area contributed by atoms with E-state index in [9.17, 15) is 9.18 Å². The van der Waals surface area contributed by atoms with Gasteiger partial charge in [-0.15, -0.1) is 0 Å². The Hall–Kier alpha value is -3.23. The Morgan fingerprint density at radius 3 is 2.96 bits per heavy atom. The molecule has 25 heavy (non-hydrogen) atoms. The van der Waals surface area contributed by atoms with Crippen LogP contribution in [0.15, 0.2) is 30.9 Å². The normalized spacial score (nSPS) is 10.7. The van der Waals surface area contributed by atoms with Crippen molar-refractivity contribution in [3.05, 3.63) is 42.2 Å². The number of halogens is 1. The maximum absolute atomic E-state index is 13.7. The fourth-order valence-corrected chi connectivity index (χ4v) is 2.41. The zero-order valence-corrected chi connectivity index (χ0v) is 13.8. The summed E-state index contributed by atoms with van der Waals surface area (Å²) >= 11 is 0. The summed E-state index contributed by atoms with van der Waals surface area (Å²) in [5, 5.41) is 2.75. The van der Waals surface area contributed by atoms with Crippen LogP contribution in [-0.4, -0.2) is 46.5 Å². The maximum atomic E-state index is 13.7. The third kappa shape index (κ3) is 3.65. The van der Waals surface area contributed by atoms with Crippen LogP contribution in [0.2, 0.25) is 0 Å². The highest BCUT2D eigenvalue weighted by atomic mass is 19.1. The quantitative estimate of drug-likeness (QED) is 0.699. The summed E-state index contributed by atoms with van der Waals surface area (Å²) < 4.78 is 18.5. The van der Waals surface area contributed by atoms with Gasteiger partial charge in [0.05, 0.1) is 20.0 Å². The van der Waals surface area contributed by atoms with E-state index >= 15 is 0 Å². The van der Waals surface area contributed by atoms with Gasteiger partial charge in [0.1, 0.15) is 11.8 Å². The fraction of sp³-hybridized carbons (Fsp3) is 0.250. The molecule has 3 aromatic rings. The summed E-state index contributed by atoms with van der Waals surface area (Å²) in [6.45, 7) is 0.306. The van der Waals surface area contributed by atoms with Crippen LogP contribution in [0.1, 0.15) is 5.56 Å². The summed E-state index contributed by atoms with van der Waals surface area (Å²) in [6.07, 6.45) is 2.92. The van der Waals surface area contributed by atoms with Crippen molar-refractivity contribution in [2.45, 2.75) is 6.54 Å². The molecule has 0 aliphatic rings. The van der Waals surface area contributed by atoms with Gasteiger partial charge in [-0.25, -0.2) is 19.3 Å². The standard InChI is InChI=1S/C16H17FN6O2/c1-23(16-14-15(20-8-19-14)21-9-22-16)7-13(24)18-6-10-3-4-12(25-2)11(17)5-10/h3-5,8-9H,6-7H2,1-2H3,(H,18,24)(H,19,20,21,22). The van der Waals surface area contributed by atoms with Crippen molar-refractivity contribution < 1.29 is 13.9 Å². The number of nitrogens with one attached hydrogen (secondary N) is 2. The molecule has 0 fully saturated rings. The number of amides is 1. The molecule has 0 atom stereocenters. The van der Waals surface area contributed by atoms with Crippen molar-refractivity contribution in [2.24, 2.45) is 0 Å². The molecular weight excluding hydrogens is 327 g/mol. The van der Waals surface area contributed by atoms with Crippen LogP contribution < -0.4 is 15.0 Å². The number of fused-ring (bicyclic) bond motifs is 1. The summed E-state index contributed by atoms with van der Waals surface area (Å²) in [5.41, 5.74) is 1.84. The highest BCUT2D eigenvalue weighted by Gasteiger charge is 2.13. The van der Waals surface area contributed by atoms with Gasteiger partial charge in [0, 0.05) is 13.6 Å². The molecule has 0 aliphatic carbocycles. The number of anilines is 1. The molecule has 0 saturated heterocycles. The summed E-state index contributed by atoms with van der Waals surface area (Å²) in [5.74, 6) is 0.0641. The van der Waals surface area contributed by atoms with Crippen molar-refractivity contribution in [2.75, 3.05) is 25.6 Å². The highest BCUT2D eigenvalue weighted by Crippen LogP contribution is 2.18. The minimum absolute atomic E-state index is 0.0871. The van der Waals surface area contributed by atoms with Gasteiger partial charge < -0.3 is 19.9 Å². The Morgan fingerprint density at radius 1 is 1.36 bits per heavy atom. The number of methoxy groups -OCH3 is 1. The van der Waals surface area contributed by atoms with Gasteiger partial charge in [-0.1, -0.05) is 6.07 Å². The minimum atomic E-state index is -0.464. The first-order chi connectivity index (χ1) is 12.1. The van der Waals surface area contributed by atoms with Gasteiger partial charge in [-0.05, 0) is 17.7 Å². The van der Waals surface area contributed by atoms with Crippen molar-refractivity contribution in [3.8, 4) is 5.75 Å². The summed E-state index contributed by atoms with van der Waals surface area (Å²) in [6, 6.07) is 4.56. The molecule has 9 heteroatoms. The lowest BCUT2D eigenvalue weighted by Crippen LogP contribution is -2.35. The molecule has 0 unspecified atom stereocenters. The average molecular weight is 344 g/mol. The van der Waals surface area contributed by atoms with Crippen LogP contribution in [0.4, 0.5) is 10.2 Å². The van der Waals surface area contributed by atoms with E-state index in [1.807, 2.05) is 0 Å². The van der Waals surface area contributed by atoms with E-state index in [-0.39, 0.29) is 24.7 Å². The van der Waals surface area contributed by atoms with E-state index in [1.165, 1.54) is 31.9 Å². The van der Waals surface area contributed by atoms with E-state index in [4.69, 9.17) is 4.74 Å². The Kier molecular flexibility index (Phi) is 4.73. The number of benzene rings is 1. The number of likely N-dealkylation sites (N-methyl/N-ethyl adjacent to an activating group) is 1. The molecule has 2 aromatic heterocycles. The Balaban J connectivity index is 1.60. The second kappa shape index (κ2) is 7.12. The molecule has 2 heterocycles. The predicted octanol–water partition coefficient (Wildman–Crippen LogP) is 1.25. The number of nitrogens with zero attached hydrogens (tertiary/aromatic N) is 4. The second-order valence-electron chi connectivity index (χ2n) is 5.40. The molecule has 130 valence electrons. The van der Waals surface area contributed by atoms with Gasteiger partial charge in [0.25, 0.3) is 0 Å². The lowest BCUT2D eigenvalue weighted by Gasteiger charge is -2.17. The van der Waals surface area contributed by atoms with E-state index in [0.29, 0.717) is 22.5 Å². The first kappa shape index (κ1) is 16.6. The molecule has 3 rings (SSSR count). The summed E-state index contributed by atoms with van der Waals surface area (Å²) in [4.78, 5) is 29.1. The number of aromatic nitrogens is 4. The van der Waals surface area contributed by atoms with E-state index in [2.05, 4.69) is 25.3 Å². The number of carbonyl (C=O) groups is 1. The van der Waals surface area contributed by atoms with E-state index < -0.39 is 5.82 Å². The third-order valence-electron chi connectivity index (χ3n) is 3.65. The van der Waals surface area contributed by atoms with Crippen molar-refractivity contribution >= 4 is 22.9 Å². The maximum Gasteiger partial charge on any atom is 0.239 e. The Labute approximate surface area is 143 Å². The second-order valence-corrected chi connectivity index (χ2v) is 5.40.